The van der Waals surface area contributed by atoms with Crippen molar-refractivity contribution in [2.45, 2.75) is 13.5 Å². The largest absolute Gasteiger partial charge is 0.385 e. The van der Waals surface area contributed by atoms with Gasteiger partial charge in [-0.2, -0.15) is 0 Å². The summed E-state index contributed by atoms with van der Waals surface area (Å²) < 4.78 is 0. The summed E-state index contributed by atoms with van der Waals surface area (Å²) in [6.45, 7) is 2.49. The van der Waals surface area contributed by atoms with E-state index in [1.165, 1.54) is 12.1 Å². The van der Waals surface area contributed by atoms with Crippen LogP contribution in [-0.4, -0.2) is 34.9 Å². The number of hydrogen-bond donors (Lipinski definition) is 2. The summed E-state index contributed by atoms with van der Waals surface area (Å²) in [5.74, 6) is -0.344. The molecule has 0 unspecified atom stereocenters. The zero-order chi connectivity index (χ0) is 14.7. The minimum atomic E-state index is -0.509. The number of urea groups is 1. The molecule has 1 aliphatic rings. The second-order valence-electron chi connectivity index (χ2n) is 4.27. The number of rotatable bonds is 5. The molecule has 0 aliphatic carbocycles. The molecular formula is C12H14N4O4. The van der Waals surface area contributed by atoms with Crippen LogP contribution < -0.4 is 10.6 Å². The topological polar surface area (TPSA) is 105 Å². The monoisotopic (exact) mass is 278 g/mol. The maximum Gasteiger partial charge on any atom is 0.324 e. The fourth-order valence-corrected chi connectivity index (χ4v) is 1.97. The normalized spacial score (nSPS) is 14.3. The van der Waals surface area contributed by atoms with E-state index in [0.29, 0.717) is 17.8 Å². The molecule has 3 amide bonds. The Balaban J connectivity index is 2.32. The van der Waals surface area contributed by atoms with Crippen LogP contribution in [0.15, 0.2) is 18.2 Å². The standard InChI is InChI=1S/C12H14N4O4/c1-2-13-10-4-3-9(16(19)20)5-8(10)7-15-11(17)6-14-12(15)18/h3-5,13H,2,6-7H2,1H3,(H,14,18). The van der Waals surface area contributed by atoms with Crippen molar-refractivity contribution in [1.29, 1.82) is 0 Å². The van der Waals surface area contributed by atoms with E-state index in [-0.39, 0.29) is 24.7 Å². The van der Waals surface area contributed by atoms with Crippen LogP contribution in [0.5, 0.6) is 0 Å². The predicted molar refractivity (Wildman–Crippen MR) is 71.2 cm³/mol. The summed E-state index contributed by atoms with van der Waals surface area (Å²) in [7, 11) is 0. The first-order valence-electron chi connectivity index (χ1n) is 6.12. The Hall–Kier alpha value is -2.64. The molecule has 1 heterocycles. The van der Waals surface area contributed by atoms with Gasteiger partial charge in [-0.15, -0.1) is 0 Å². The van der Waals surface area contributed by atoms with Crippen LogP contribution in [0.1, 0.15) is 12.5 Å². The highest BCUT2D eigenvalue weighted by Crippen LogP contribution is 2.24. The molecule has 2 rings (SSSR count). The van der Waals surface area contributed by atoms with Crippen molar-refractivity contribution in [1.82, 2.24) is 10.2 Å². The SMILES string of the molecule is CCNc1ccc([N+](=O)[O-])cc1CN1C(=O)CNC1=O. The number of non-ortho nitro benzene ring substituents is 1. The molecule has 20 heavy (non-hydrogen) atoms. The molecule has 1 aromatic carbocycles. The Morgan fingerprint density at radius 2 is 2.20 bits per heavy atom. The van der Waals surface area contributed by atoms with Crippen LogP contribution in [0.4, 0.5) is 16.2 Å². The smallest absolute Gasteiger partial charge is 0.324 e. The van der Waals surface area contributed by atoms with Crippen molar-refractivity contribution < 1.29 is 14.5 Å². The van der Waals surface area contributed by atoms with Gasteiger partial charge in [0.05, 0.1) is 18.0 Å². The lowest BCUT2D eigenvalue weighted by Crippen LogP contribution is -2.30. The number of nitro benzene ring substituents is 1. The number of imide groups is 1. The molecule has 0 saturated carbocycles. The lowest BCUT2D eigenvalue weighted by atomic mass is 10.1. The summed E-state index contributed by atoms with van der Waals surface area (Å²) in [4.78, 5) is 34.4. The van der Waals surface area contributed by atoms with Gasteiger partial charge in [0.15, 0.2) is 0 Å². The van der Waals surface area contributed by atoms with E-state index in [4.69, 9.17) is 0 Å². The van der Waals surface area contributed by atoms with Crippen molar-refractivity contribution in [2.24, 2.45) is 0 Å². The first-order chi connectivity index (χ1) is 9.52. The summed E-state index contributed by atoms with van der Waals surface area (Å²) in [5, 5.41) is 16.3. The molecule has 0 aromatic heterocycles. The average molecular weight is 278 g/mol. The molecule has 1 saturated heterocycles. The lowest BCUT2D eigenvalue weighted by Gasteiger charge is -2.16. The van der Waals surface area contributed by atoms with Gasteiger partial charge in [0, 0.05) is 29.9 Å². The van der Waals surface area contributed by atoms with Gasteiger partial charge < -0.3 is 10.6 Å². The maximum atomic E-state index is 11.6. The first kappa shape index (κ1) is 13.8. The van der Waals surface area contributed by atoms with Crippen LogP contribution in [0.3, 0.4) is 0 Å². The number of anilines is 1. The molecule has 2 N–H and O–H groups in total. The Labute approximate surface area is 114 Å². The summed E-state index contributed by atoms with van der Waals surface area (Å²) in [6.07, 6.45) is 0. The molecular weight excluding hydrogens is 264 g/mol. The lowest BCUT2D eigenvalue weighted by molar-refractivity contribution is -0.384. The number of nitrogens with one attached hydrogen (secondary N) is 2. The molecule has 106 valence electrons. The van der Waals surface area contributed by atoms with Crippen LogP contribution in [-0.2, 0) is 11.3 Å². The van der Waals surface area contributed by atoms with Crippen molar-refractivity contribution in [3.8, 4) is 0 Å². The quantitative estimate of drug-likeness (QED) is 0.476. The van der Waals surface area contributed by atoms with E-state index in [1.807, 2.05) is 6.92 Å². The van der Waals surface area contributed by atoms with Gasteiger partial charge in [-0.1, -0.05) is 0 Å². The zero-order valence-corrected chi connectivity index (χ0v) is 10.9. The van der Waals surface area contributed by atoms with Gasteiger partial charge in [-0.05, 0) is 13.0 Å². The van der Waals surface area contributed by atoms with Crippen molar-refractivity contribution in [2.75, 3.05) is 18.4 Å². The van der Waals surface area contributed by atoms with Gasteiger partial charge >= 0.3 is 6.03 Å². The number of carbonyl (C=O) groups is 2. The van der Waals surface area contributed by atoms with Gasteiger partial charge in [0.1, 0.15) is 0 Å². The first-order valence-corrected chi connectivity index (χ1v) is 6.12. The van der Waals surface area contributed by atoms with E-state index in [2.05, 4.69) is 10.6 Å². The van der Waals surface area contributed by atoms with Crippen molar-refractivity contribution in [3.05, 3.63) is 33.9 Å². The number of nitrogens with zero attached hydrogens (tertiary/aromatic N) is 2. The Morgan fingerprint density at radius 3 is 2.75 bits per heavy atom. The third-order valence-electron chi connectivity index (χ3n) is 2.93. The predicted octanol–water partition coefficient (Wildman–Crippen LogP) is 1.08. The molecule has 0 bridgehead atoms. The number of amides is 3. The van der Waals surface area contributed by atoms with Gasteiger partial charge in [0.2, 0.25) is 5.91 Å². The Bertz CT molecular complexity index is 557. The minimum Gasteiger partial charge on any atom is -0.385 e. The third-order valence-corrected chi connectivity index (χ3v) is 2.93. The second-order valence-corrected chi connectivity index (χ2v) is 4.27. The highest BCUT2D eigenvalue weighted by atomic mass is 16.6. The molecule has 0 atom stereocenters. The second kappa shape index (κ2) is 5.55. The zero-order valence-electron chi connectivity index (χ0n) is 10.9. The number of hydrogen-bond acceptors (Lipinski definition) is 5. The Kier molecular flexibility index (Phi) is 3.83. The number of benzene rings is 1. The number of nitro groups is 1. The maximum absolute atomic E-state index is 11.6. The minimum absolute atomic E-state index is 0.00861. The molecule has 8 heteroatoms. The number of carbonyl (C=O) groups excluding carboxylic acids is 2. The van der Waals surface area contributed by atoms with Crippen LogP contribution in [0.25, 0.3) is 0 Å². The van der Waals surface area contributed by atoms with Crippen LogP contribution >= 0.6 is 0 Å². The van der Waals surface area contributed by atoms with Crippen molar-refractivity contribution >= 4 is 23.3 Å². The van der Waals surface area contributed by atoms with Crippen molar-refractivity contribution in [3.63, 3.8) is 0 Å². The van der Waals surface area contributed by atoms with Crippen LogP contribution in [0.2, 0.25) is 0 Å². The fraction of sp³-hybridized carbons (Fsp3) is 0.333. The van der Waals surface area contributed by atoms with E-state index < -0.39 is 11.0 Å². The third kappa shape index (κ3) is 2.68. The molecule has 8 nitrogen and oxygen atoms in total. The molecule has 1 aliphatic heterocycles. The fourth-order valence-electron chi connectivity index (χ4n) is 1.97. The Morgan fingerprint density at radius 1 is 1.45 bits per heavy atom. The van der Waals surface area contributed by atoms with E-state index in [9.17, 15) is 19.7 Å². The van der Waals surface area contributed by atoms with Gasteiger partial charge in [-0.25, -0.2) is 4.79 Å². The average Bonchev–Trinajstić information content (AvgIpc) is 2.72. The molecule has 0 radical (unpaired) electrons. The highest BCUT2D eigenvalue weighted by Gasteiger charge is 2.29. The van der Waals surface area contributed by atoms with Gasteiger partial charge in [0.25, 0.3) is 5.69 Å². The molecule has 1 aromatic rings. The van der Waals surface area contributed by atoms with E-state index >= 15 is 0 Å². The van der Waals surface area contributed by atoms with Crippen LogP contribution in [0, 0.1) is 10.1 Å². The summed E-state index contributed by atoms with van der Waals surface area (Å²) in [5.41, 5.74) is 1.13. The highest BCUT2D eigenvalue weighted by molar-refractivity contribution is 6.01. The molecule has 0 spiro atoms. The van der Waals surface area contributed by atoms with E-state index in [1.54, 1.807) is 6.07 Å². The van der Waals surface area contributed by atoms with E-state index in [0.717, 1.165) is 4.90 Å². The summed E-state index contributed by atoms with van der Waals surface area (Å²) >= 11 is 0. The summed E-state index contributed by atoms with van der Waals surface area (Å²) in [6, 6.07) is 3.85. The molecule has 1 fully saturated rings. The van der Waals surface area contributed by atoms with Gasteiger partial charge in [-0.3, -0.25) is 19.8 Å².